The molecule has 1 aromatic carbocycles. The molecule has 0 amide bonds. The van der Waals surface area contributed by atoms with E-state index in [0.717, 1.165) is 18.4 Å². The second-order valence-corrected chi connectivity index (χ2v) is 9.69. The van der Waals surface area contributed by atoms with Crippen LogP contribution in [-0.2, 0) is 6.42 Å². The normalized spacial score (nSPS) is 14.5. The van der Waals surface area contributed by atoms with Gasteiger partial charge in [-0.25, -0.2) is 0 Å². The molecule has 1 aromatic rings. The Hall–Kier alpha value is -1.34. The molecule has 2 unspecified atom stereocenters. The summed E-state index contributed by atoms with van der Waals surface area (Å²) >= 11 is 0. The molecule has 0 fully saturated rings. The Morgan fingerprint density at radius 2 is 1.38 bits per heavy atom. The summed E-state index contributed by atoms with van der Waals surface area (Å²) in [6.45, 7) is 15.7. The lowest BCUT2D eigenvalue weighted by Gasteiger charge is -2.24. The number of benzene rings is 1. The van der Waals surface area contributed by atoms with Gasteiger partial charge in [0.1, 0.15) is 25.4 Å². The van der Waals surface area contributed by atoms with Crippen LogP contribution in [0.15, 0.2) is 18.2 Å². The monoisotopic (exact) mass is 410 g/mol. The first-order valence-corrected chi connectivity index (χ1v) is 10.6. The van der Waals surface area contributed by atoms with Gasteiger partial charge < -0.3 is 30.3 Å². The molecule has 0 saturated carbocycles. The van der Waals surface area contributed by atoms with Crippen molar-refractivity contribution in [2.24, 2.45) is 0 Å². The van der Waals surface area contributed by atoms with Crippen molar-refractivity contribution in [3.63, 3.8) is 0 Å². The lowest BCUT2D eigenvalue weighted by Crippen LogP contribution is -2.42. The van der Waals surface area contributed by atoms with Gasteiger partial charge in [-0.3, -0.25) is 0 Å². The van der Waals surface area contributed by atoms with Crippen LogP contribution in [0.25, 0.3) is 0 Å². The predicted octanol–water partition coefficient (Wildman–Crippen LogP) is 2.89. The molecule has 1 rings (SSSR count). The Balaban J connectivity index is 2.73. The highest BCUT2D eigenvalue weighted by molar-refractivity contribution is 5.46. The summed E-state index contributed by atoms with van der Waals surface area (Å²) in [5.41, 5.74) is 0.920. The minimum Gasteiger partial charge on any atom is -0.487 e. The number of β-amino-alcohol motifs (C(OH)–C–C–N with tert-alkyl or cyclic N) is 2. The minimum absolute atomic E-state index is 0.0620. The number of hydrogen-bond donors (Lipinski definition) is 4. The third-order valence-electron chi connectivity index (χ3n) is 4.17. The maximum absolute atomic E-state index is 10.3. The van der Waals surface area contributed by atoms with Crippen molar-refractivity contribution < 1.29 is 19.7 Å². The highest BCUT2D eigenvalue weighted by atomic mass is 16.5. The lowest BCUT2D eigenvalue weighted by atomic mass is 10.1. The van der Waals surface area contributed by atoms with Crippen molar-refractivity contribution in [1.29, 1.82) is 0 Å². The molecule has 0 aliphatic heterocycles. The number of aryl methyl sites for hydroxylation is 1. The van der Waals surface area contributed by atoms with Crippen LogP contribution >= 0.6 is 0 Å². The average molecular weight is 411 g/mol. The zero-order valence-corrected chi connectivity index (χ0v) is 19.3. The molecule has 0 aliphatic carbocycles. The van der Waals surface area contributed by atoms with Crippen molar-refractivity contribution in [3.8, 4) is 11.5 Å². The highest BCUT2D eigenvalue weighted by Crippen LogP contribution is 2.32. The Morgan fingerprint density at radius 3 is 1.86 bits per heavy atom. The first-order valence-electron chi connectivity index (χ1n) is 10.6. The van der Waals surface area contributed by atoms with Gasteiger partial charge in [0.05, 0.1) is 0 Å². The SMILES string of the molecule is CCCc1cccc(OCC(O)CNC(C)(C)C)c1OCC(O)CNC(C)(C)C. The first kappa shape index (κ1) is 25.7. The molecule has 0 saturated heterocycles. The Labute approximate surface area is 177 Å². The number of rotatable bonds is 12. The fourth-order valence-electron chi connectivity index (χ4n) is 2.64. The number of ether oxygens (including phenoxy) is 2. The summed E-state index contributed by atoms with van der Waals surface area (Å²) in [6.07, 6.45) is 0.583. The van der Waals surface area contributed by atoms with Gasteiger partial charge in [0, 0.05) is 24.2 Å². The van der Waals surface area contributed by atoms with Crippen molar-refractivity contribution in [3.05, 3.63) is 23.8 Å². The number of para-hydroxylation sites is 1. The summed E-state index contributed by atoms with van der Waals surface area (Å²) in [5.74, 6) is 1.25. The predicted molar refractivity (Wildman–Crippen MR) is 119 cm³/mol. The van der Waals surface area contributed by atoms with E-state index in [1.165, 1.54) is 0 Å². The standard InChI is InChI=1S/C23H42N2O4/c1-8-10-17-11-9-12-20(28-15-18(26)13-24-22(2,3)4)21(17)29-16-19(27)14-25-23(5,6)7/h9,11-12,18-19,24-27H,8,10,13-16H2,1-7H3. The Morgan fingerprint density at radius 1 is 0.862 bits per heavy atom. The summed E-state index contributed by atoms with van der Waals surface area (Å²) in [4.78, 5) is 0. The van der Waals surface area contributed by atoms with Crippen LogP contribution in [0.1, 0.15) is 60.5 Å². The van der Waals surface area contributed by atoms with E-state index in [0.29, 0.717) is 24.6 Å². The van der Waals surface area contributed by atoms with E-state index in [-0.39, 0.29) is 24.3 Å². The molecule has 0 aromatic heterocycles. The van der Waals surface area contributed by atoms with Crippen molar-refractivity contribution in [2.45, 2.75) is 84.6 Å². The molecule has 4 N–H and O–H groups in total. The summed E-state index contributed by atoms with van der Waals surface area (Å²) < 4.78 is 11.9. The van der Waals surface area contributed by atoms with Crippen LogP contribution in [0.4, 0.5) is 0 Å². The van der Waals surface area contributed by atoms with Crippen LogP contribution in [0.5, 0.6) is 11.5 Å². The van der Waals surface area contributed by atoms with E-state index in [4.69, 9.17) is 9.47 Å². The molecule has 29 heavy (non-hydrogen) atoms. The molecular formula is C23H42N2O4. The zero-order chi connectivity index (χ0) is 22.1. The third kappa shape index (κ3) is 11.4. The van der Waals surface area contributed by atoms with Gasteiger partial charge in [-0.2, -0.15) is 0 Å². The van der Waals surface area contributed by atoms with Crippen molar-refractivity contribution >= 4 is 0 Å². The highest BCUT2D eigenvalue weighted by Gasteiger charge is 2.17. The van der Waals surface area contributed by atoms with E-state index >= 15 is 0 Å². The fourth-order valence-corrected chi connectivity index (χ4v) is 2.64. The maximum Gasteiger partial charge on any atom is 0.164 e. The molecule has 0 radical (unpaired) electrons. The zero-order valence-electron chi connectivity index (χ0n) is 19.3. The summed E-state index contributed by atoms with van der Waals surface area (Å²) in [6, 6.07) is 5.80. The van der Waals surface area contributed by atoms with E-state index in [1.807, 2.05) is 18.2 Å². The molecule has 168 valence electrons. The van der Waals surface area contributed by atoms with Gasteiger partial charge in [0.15, 0.2) is 11.5 Å². The van der Waals surface area contributed by atoms with Crippen LogP contribution in [0.2, 0.25) is 0 Å². The van der Waals surface area contributed by atoms with Crippen molar-refractivity contribution in [1.82, 2.24) is 10.6 Å². The second kappa shape index (κ2) is 11.7. The molecule has 0 aliphatic rings. The van der Waals surface area contributed by atoms with Gasteiger partial charge in [0.2, 0.25) is 0 Å². The topological polar surface area (TPSA) is 83.0 Å². The number of aliphatic hydroxyl groups excluding tert-OH is 2. The molecule has 2 atom stereocenters. The second-order valence-electron chi connectivity index (χ2n) is 9.69. The van der Waals surface area contributed by atoms with Crippen LogP contribution < -0.4 is 20.1 Å². The molecule has 0 spiro atoms. The van der Waals surface area contributed by atoms with Gasteiger partial charge in [-0.1, -0.05) is 25.5 Å². The number of aliphatic hydroxyl groups is 2. The van der Waals surface area contributed by atoms with E-state index < -0.39 is 12.2 Å². The lowest BCUT2D eigenvalue weighted by molar-refractivity contribution is 0.0867. The van der Waals surface area contributed by atoms with E-state index in [9.17, 15) is 10.2 Å². The molecule has 6 nitrogen and oxygen atoms in total. The minimum atomic E-state index is -0.627. The maximum atomic E-state index is 10.3. The van der Waals surface area contributed by atoms with Crippen LogP contribution in [-0.4, -0.2) is 59.8 Å². The number of nitrogens with one attached hydrogen (secondary N) is 2. The number of hydrogen-bond acceptors (Lipinski definition) is 6. The van der Waals surface area contributed by atoms with Gasteiger partial charge in [0.25, 0.3) is 0 Å². The third-order valence-corrected chi connectivity index (χ3v) is 4.17. The van der Waals surface area contributed by atoms with Gasteiger partial charge in [-0.05, 0) is 59.6 Å². The summed E-state index contributed by atoms with van der Waals surface area (Å²) in [7, 11) is 0. The average Bonchev–Trinajstić information content (AvgIpc) is 2.61. The van der Waals surface area contributed by atoms with E-state index in [2.05, 4.69) is 59.1 Å². The fraction of sp³-hybridized carbons (Fsp3) is 0.739. The first-order chi connectivity index (χ1) is 13.4. The quantitative estimate of drug-likeness (QED) is 0.424. The largest absolute Gasteiger partial charge is 0.487 e. The summed E-state index contributed by atoms with van der Waals surface area (Å²) in [5, 5.41) is 27.0. The Bertz CT molecular complexity index is 594. The smallest absolute Gasteiger partial charge is 0.164 e. The van der Waals surface area contributed by atoms with Gasteiger partial charge in [-0.15, -0.1) is 0 Å². The van der Waals surface area contributed by atoms with Gasteiger partial charge >= 0.3 is 0 Å². The van der Waals surface area contributed by atoms with Crippen LogP contribution in [0, 0.1) is 0 Å². The molecule has 6 heteroatoms. The van der Waals surface area contributed by atoms with Crippen molar-refractivity contribution in [2.75, 3.05) is 26.3 Å². The van der Waals surface area contributed by atoms with Crippen LogP contribution in [0.3, 0.4) is 0 Å². The van der Waals surface area contributed by atoms with E-state index in [1.54, 1.807) is 0 Å². The molecular weight excluding hydrogens is 368 g/mol. The molecule has 0 bridgehead atoms. The Kier molecular flexibility index (Phi) is 10.4. The molecule has 0 heterocycles.